The Morgan fingerprint density at radius 1 is 1.29 bits per heavy atom. The van der Waals surface area contributed by atoms with Crippen molar-refractivity contribution >= 4 is 17.3 Å². The van der Waals surface area contributed by atoms with E-state index in [1.807, 2.05) is 0 Å². The number of alkyl halides is 3. The molecule has 0 amide bonds. The summed E-state index contributed by atoms with van der Waals surface area (Å²) in [5.74, 6) is 0.763. The molecule has 10 heteroatoms. The predicted molar refractivity (Wildman–Crippen MR) is 96.5 cm³/mol. The van der Waals surface area contributed by atoms with E-state index in [0.717, 1.165) is 24.4 Å². The average molecular weight is 415 g/mol. The molecule has 28 heavy (non-hydrogen) atoms. The third kappa shape index (κ3) is 3.99. The molecule has 2 aromatic carbocycles. The summed E-state index contributed by atoms with van der Waals surface area (Å²) in [6.45, 7) is 1.66. The van der Waals surface area contributed by atoms with Crippen molar-refractivity contribution in [2.45, 2.75) is 19.2 Å². The molecular weight excluding hydrogens is 401 g/mol. The Balaban J connectivity index is 1.88. The number of rotatable bonds is 3. The first kappa shape index (κ1) is 19.8. The fourth-order valence-corrected chi connectivity index (χ4v) is 3.00. The topological polar surface area (TPSA) is 64.8 Å². The van der Waals surface area contributed by atoms with Gasteiger partial charge in [-0.15, -0.1) is 0 Å². The van der Waals surface area contributed by atoms with Gasteiger partial charge in [0.2, 0.25) is 0 Å². The number of hydrogen-bond acceptors (Lipinski definition) is 5. The zero-order valence-corrected chi connectivity index (χ0v) is 15.4. The number of likely N-dealkylation sites (N-methyl/N-ethyl adjacent to an activating group) is 1. The van der Waals surface area contributed by atoms with Crippen LogP contribution in [-0.4, -0.2) is 18.1 Å². The van der Waals surface area contributed by atoms with Gasteiger partial charge in [0, 0.05) is 13.1 Å². The summed E-state index contributed by atoms with van der Waals surface area (Å²) in [6, 6.07) is 7.53. The highest BCUT2D eigenvalue weighted by Crippen LogP contribution is 2.41. The van der Waals surface area contributed by atoms with E-state index >= 15 is 0 Å². The van der Waals surface area contributed by atoms with E-state index in [1.54, 1.807) is 37.1 Å². The highest BCUT2D eigenvalue weighted by atomic mass is 35.5. The van der Waals surface area contributed by atoms with Crippen LogP contribution in [0.15, 0.2) is 48.3 Å². The number of anilines is 1. The monoisotopic (exact) mass is 414 g/mol. The molecule has 0 bridgehead atoms. The van der Waals surface area contributed by atoms with Gasteiger partial charge in [-0.1, -0.05) is 11.6 Å². The Hall–Kier alpha value is -2.94. The number of nitrogens with zero attached hydrogens (tertiary/aromatic N) is 2. The molecule has 2 aromatic rings. The van der Waals surface area contributed by atoms with Crippen molar-refractivity contribution in [1.82, 2.24) is 0 Å². The molecule has 1 aliphatic rings. The van der Waals surface area contributed by atoms with Crippen molar-refractivity contribution in [3.8, 4) is 17.2 Å². The van der Waals surface area contributed by atoms with Gasteiger partial charge in [-0.25, -0.2) is 0 Å². The lowest BCUT2D eigenvalue weighted by Gasteiger charge is -2.33. The van der Waals surface area contributed by atoms with Crippen molar-refractivity contribution in [2.24, 2.45) is 0 Å². The maximum absolute atomic E-state index is 12.7. The van der Waals surface area contributed by atoms with Crippen LogP contribution in [0.3, 0.4) is 0 Å². The van der Waals surface area contributed by atoms with Gasteiger partial charge < -0.3 is 14.4 Å². The van der Waals surface area contributed by atoms with Crippen LogP contribution in [0.2, 0.25) is 5.02 Å². The lowest BCUT2D eigenvalue weighted by Crippen LogP contribution is -2.34. The molecule has 1 atom stereocenters. The molecule has 1 unspecified atom stereocenters. The molecule has 0 spiro atoms. The largest absolute Gasteiger partial charge is 0.482 e. The van der Waals surface area contributed by atoms with Gasteiger partial charge in [-0.3, -0.25) is 10.1 Å². The fourth-order valence-electron chi connectivity index (χ4n) is 2.78. The van der Waals surface area contributed by atoms with Gasteiger partial charge in [0.05, 0.1) is 21.2 Å². The normalized spacial score (nSPS) is 17.9. The first-order chi connectivity index (χ1) is 13.1. The zero-order valence-electron chi connectivity index (χ0n) is 14.7. The van der Waals surface area contributed by atoms with Crippen molar-refractivity contribution in [3.05, 3.63) is 69.0 Å². The van der Waals surface area contributed by atoms with Gasteiger partial charge in [-0.2, -0.15) is 13.2 Å². The van der Waals surface area contributed by atoms with Crippen LogP contribution in [0.4, 0.5) is 18.9 Å². The SMILES string of the molecule is CC1Oc2cc(Oc3ccc(C(F)(F)F)cc3Cl)ccc2N(C)/C1=C/[N+](=O)[O-]. The van der Waals surface area contributed by atoms with Crippen LogP contribution in [0.1, 0.15) is 12.5 Å². The minimum absolute atomic E-state index is 0.0563. The summed E-state index contributed by atoms with van der Waals surface area (Å²) >= 11 is 5.91. The molecule has 0 N–H and O–H groups in total. The van der Waals surface area contributed by atoms with Crippen molar-refractivity contribution < 1.29 is 27.6 Å². The van der Waals surface area contributed by atoms with E-state index in [9.17, 15) is 23.3 Å². The number of hydrogen-bond donors (Lipinski definition) is 0. The molecule has 1 heterocycles. The molecule has 0 radical (unpaired) electrons. The van der Waals surface area contributed by atoms with Crippen LogP contribution in [-0.2, 0) is 6.18 Å². The maximum atomic E-state index is 12.7. The van der Waals surface area contributed by atoms with E-state index < -0.39 is 22.8 Å². The van der Waals surface area contributed by atoms with Crippen LogP contribution in [0, 0.1) is 10.1 Å². The minimum atomic E-state index is -4.50. The van der Waals surface area contributed by atoms with Crippen LogP contribution >= 0.6 is 11.6 Å². The van der Waals surface area contributed by atoms with Crippen LogP contribution in [0.25, 0.3) is 0 Å². The van der Waals surface area contributed by atoms with E-state index in [1.165, 1.54) is 0 Å². The van der Waals surface area contributed by atoms with Crippen LogP contribution in [0.5, 0.6) is 17.2 Å². The Morgan fingerprint density at radius 2 is 2.00 bits per heavy atom. The van der Waals surface area contributed by atoms with Gasteiger partial charge in [0.15, 0.2) is 0 Å². The number of halogens is 4. The number of ether oxygens (including phenoxy) is 2. The summed E-state index contributed by atoms with van der Waals surface area (Å²) in [7, 11) is 1.67. The Bertz CT molecular complexity index is 962. The summed E-state index contributed by atoms with van der Waals surface area (Å²) in [6.07, 6.45) is -4.20. The summed E-state index contributed by atoms with van der Waals surface area (Å²) in [5.41, 5.74) is 0.0770. The molecule has 0 fully saturated rings. The first-order valence-electron chi connectivity index (χ1n) is 8.00. The van der Waals surface area contributed by atoms with Crippen molar-refractivity contribution in [3.63, 3.8) is 0 Å². The summed E-state index contributed by atoms with van der Waals surface area (Å²) < 4.78 is 49.5. The van der Waals surface area contributed by atoms with Gasteiger partial charge in [0.25, 0.3) is 6.20 Å². The van der Waals surface area contributed by atoms with E-state index in [4.69, 9.17) is 21.1 Å². The lowest BCUT2D eigenvalue weighted by atomic mass is 10.1. The fraction of sp³-hybridized carbons (Fsp3) is 0.222. The van der Waals surface area contributed by atoms with Crippen LogP contribution < -0.4 is 14.4 Å². The smallest absolute Gasteiger partial charge is 0.416 e. The quantitative estimate of drug-likeness (QED) is 0.491. The number of nitro groups is 1. The Kier molecular flexibility index (Phi) is 5.12. The molecule has 0 aliphatic carbocycles. The minimum Gasteiger partial charge on any atom is -0.482 e. The summed E-state index contributed by atoms with van der Waals surface area (Å²) in [4.78, 5) is 11.9. The average Bonchev–Trinajstić information content (AvgIpc) is 2.59. The second-order valence-electron chi connectivity index (χ2n) is 6.03. The lowest BCUT2D eigenvalue weighted by molar-refractivity contribution is -0.404. The second kappa shape index (κ2) is 7.23. The van der Waals surface area contributed by atoms with Crippen molar-refractivity contribution in [2.75, 3.05) is 11.9 Å². The van der Waals surface area contributed by atoms with E-state index in [0.29, 0.717) is 22.9 Å². The molecule has 1 aliphatic heterocycles. The number of fused-ring (bicyclic) bond motifs is 1. The number of benzene rings is 2. The molecule has 0 saturated heterocycles. The third-order valence-electron chi connectivity index (χ3n) is 4.12. The van der Waals surface area contributed by atoms with Crippen molar-refractivity contribution in [1.29, 1.82) is 0 Å². The summed E-state index contributed by atoms with van der Waals surface area (Å²) in [5, 5.41) is 10.6. The predicted octanol–water partition coefficient (Wildman–Crippen LogP) is 5.49. The Morgan fingerprint density at radius 3 is 2.61 bits per heavy atom. The van der Waals surface area contributed by atoms with Gasteiger partial charge in [0.1, 0.15) is 29.0 Å². The zero-order chi connectivity index (χ0) is 20.6. The van der Waals surface area contributed by atoms with Gasteiger partial charge >= 0.3 is 6.18 Å². The van der Waals surface area contributed by atoms with E-state index in [-0.39, 0.29) is 10.8 Å². The Labute approximate surface area is 162 Å². The van der Waals surface area contributed by atoms with Gasteiger partial charge in [-0.05, 0) is 37.3 Å². The standard InChI is InChI=1S/C18H14ClF3N2O4/c1-10-15(9-24(25)26)23(2)14-5-4-12(8-17(14)27-10)28-16-6-3-11(7-13(16)19)18(20,21)22/h3-10H,1-2H3/b15-9+. The maximum Gasteiger partial charge on any atom is 0.416 e. The molecule has 6 nitrogen and oxygen atoms in total. The molecule has 0 saturated carbocycles. The molecular formula is C18H14ClF3N2O4. The molecule has 3 rings (SSSR count). The second-order valence-corrected chi connectivity index (χ2v) is 6.44. The van der Waals surface area contributed by atoms with E-state index in [2.05, 4.69) is 0 Å². The highest BCUT2D eigenvalue weighted by Gasteiger charge is 2.31. The molecule has 0 aromatic heterocycles. The molecule has 148 valence electrons. The highest BCUT2D eigenvalue weighted by molar-refractivity contribution is 6.32. The third-order valence-corrected chi connectivity index (χ3v) is 4.42. The first-order valence-corrected chi connectivity index (χ1v) is 8.38.